The Kier molecular flexibility index (Phi) is 9.79. The van der Waals surface area contributed by atoms with Crippen LogP contribution in [0.2, 0.25) is 0 Å². The fraction of sp³-hybridized carbons (Fsp3) is 1.00. The molecule has 1 saturated carbocycles. The van der Waals surface area contributed by atoms with Crippen LogP contribution in [0.15, 0.2) is 0 Å². The second-order valence-corrected chi connectivity index (χ2v) is 8.84. The topological polar surface area (TPSA) is 0 Å². The minimum atomic E-state index is -1.07. The van der Waals surface area contributed by atoms with E-state index in [-0.39, 0.29) is 0 Å². The standard InChI is InChI=1S/C7H14.2ClH.In.H/c1-7-5-3-2-4-6-7;;;;/h7H,2-6H2,1H3;2*1H;;/q;;;+2;/p-2. The Morgan fingerprint density at radius 3 is 1.70 bits per heavy atom. The molecule has 3 heteroatoms. The van der Waals surface area contributed by atoms with Crippen LogP contribution in [0.5, 0.6) is 0 Å². The molecule has 60 valence electrons. The van der Waals surface area contributed by atoms with E-state index in [1.54, 1.807) is 0 Å². The van der Waals surface area contributed by atoms with Crippen molar-refractivity contribution in [3.63, 3.8) is 0 Å². The van der Waals surface area contributed by atoms with Crippen LogP contribution in [0.1, 0.15) is 39.0 Å². The molecule has 1 aliphatic rings. The zero-order valence-corrected chi connectivity index (χ0v) is 12.1. The summed E-state index contributed by atoms with van der Waals surface area (Å²) in [6, 6.07) is 0. The Hall–Kier alpha value is 1.45. The quantitative estimate of drug-likeness (QED) is 0.640. The molecule has 1 aliphatic carbocycles. The first-order valence-electron chi connectivity index (χ1n) is 3.93. The maximum atomic E-state index is 4.97. The van der Waals surface area contributed by atoms with E-state index in [2.05, 4.69) is 6.92 Å². The van der Waals surface area contributed by atoms with Crippen LogP contribution < -0.4 is 0 Å². The summed E-state index contributed by atoms with van der Waals surface area (Å²) in [6.07, 6.45) is 7.44. The van der Waals surface area contributed by atoms with Gasteiger partial charge in [-0.05, 0) is 5.92 Å². The summed E-state index contributed by atoms with van der Waals surface area (Å²) in [6.45, 7) is 2.36. The van der Waals surface area contributed by atoms with E-state index in [1.807, 2.05) is 0 Å². The van der Waals surface area contributed by atoms with Crippen molar-refractivity contribution in [2.45, 2.75) is 39.0 Å². The molecule has 0 amide bonds. The molecule has 1 rings (SSSR count). The first-order valence-corrected chi connectivity index (χ1v) is 14.2. The third-order valence-electron chi connectivity index (χ3n) is 1.89. The van der Waals surface area contributed by atoms with E-state index in [9.17, 15) is 0 Å². The Morgan fingerprint density at radius 2 is 1.50 bits per heavy atom. The molecule has 0 spiro atoms. The van der Waals surface area contributed by atoms with Gasteiger partial charge < -0.3 is 0 Å². The molecule has 0 saturated heterocycles. The molecular formula is C7H15Cl2In. The molecular weight excluding hydrogens is 270 g/mol. The van der Waals surface area contributed by atoms with Crippen LogP contribution >= 0.6 is 17.2 Å². The van der Waals surface area contributed by atoms with Crippen molar-refractivity contribution in [1.82, 2.24) is 0 Å². The Bertz CT molecular complexity index is 62.6. The van der Waals surface area contributed by atoms with Gasteiger partial charge >= 0.3 is 37.7 Å². The fourth-order valence-electron chi connectivity index (χ4n) is 1.31. The minimum absolute atomic E-state index is 1.04. The van der Waals surface area contributed by atoms with Gasteiger partial charge in [-0.2, -0.15) is 0 Å². The zero-order chi connectivity index (χ0) is 7.82. The average Bonchev–Trinajstić information content (AvgIpc) is 1.91. The zero-order valence-electron chi connectivity index (χ0n) is 6.58. The van der Waals surface area contributed by atoms with Crippen molar-refractivity contribution in [1.29, 1.82) is 0 Å². The van der Waals surface area contributed by atoms with E-state index in [0.29, 0.717) is 0 Å². The molecule has 0 atom stereocenters. The van der Waals surface area contributed by atoms with Gasteiger partial charge in [-0.25, -0.2) is 0 Å². The van der Waals surface area contributed by atoms with Gasteiger partial charge in [0.05, 0.1) is 0 Å². The van der Waals surface area contributed by atoms with Crippen LogP contribution in [0.3, 0.4) is 0 Å². The predicted octanol–water partition coefficient (Wildman–Crippen LogP) is 3.32. The third kappa shape index (κ3) is 7.56. The van der Waals surface area contributed by atoms with Crippen molar-refractivity contribution in [3.8, 4) is 0 Å². The average molecular weight is 285 g/mol. The molecule has 1 fully saturated rings. The predicted molar refractivity (Wildman–Crippen MR) is 51.1 cm³/mol. The van der Waals surface area contributed by atoms with Gasteiger partial charge in [-0.3, -0.25) is 0 Å². The van der Waals surface area contributed by atoms with Gasteiger partial charge in [0.1, 0.15) is 0 Å². The van der Waals surface area contributed by atoms with Crippen LogP contribution in [0, 0.1) is 5.92 Å². The van der Waals surface area contributed by atoms with E-state index < -0.39 is 20.5 Å². The van der Waals surface area contributed by atoms with Gasteiger partial charge in [0.2, 0.25) is 0 Å². The summed E-state index contributed by atoms with van der Waals surface area (Å²) in [7, 11) is 9.95. The van der Waals surface area contributed by atoms with Gasteiger partial charge in [0.15, 0.2) is 0 Å². The summed E-state index contributed by atoms with van der Waals surface area (Å²) in [5.41, 5.74) is 0. The number of halogens is 2. The number of rotatable bonds is 0. The monoisotopic (exact) mass is 284 g/mol. The summed E-state index contributed by atoms with van der Waals surface area (Å²) < 4.78 is 0. The SMILES string of the molecule is CC1CCCCC1.[Cl][InH][Cl]. The molecule has 0 aliphatic heterocycles. The summed E-state index contributed by atoms with van der Waals surface area (Å²) in [5, 5.41) is 0. The molecule has 0 unspecified atom stereocenters. The van der Waals surface area contributed by atoms with Crippen molar-refractivity contribution >= 4 is 37.7 Å². The molecule has 0 radical (unpaired) electrons. The molecule has 0 bridgehead atoms. The third-order valence-corrected chi connectivity index (χ3v) is 1.89. The van der Waals surface area contributed by atoms with Crippen molar-refractivity contribution in [3.05, 3.63) is 0 Å². The number of hydrogen-bond acceptors (Lipinski definition) is 0. The fourth-order valence-corrected chi connectivity index (χ4v) is 1.31. The second-order valence-electron chi connectivity index (χ2n) is 2.84. The Morgan fingerprint density at radius 1 is 1.10 bits per heavy atom. The molecule has 0 aromatic rings. The van der Waals surface area contributed by atoms with Gasteiger partial charge in [-0.1, -0.05) is 39.0 Å². The molecule has 0 nitrogen and oxygen atoms in total. The number of hydrogen-bond donors (Lipinski definition) is 0. The van der Waals surface area contributed by atoms with Gasteiger partial charge in [0.25, 0.3) is 0 Å². The molecule has 0 N–H and O–H groups in total. The normalized spacial score (nSPS) is 19.1. The van der Waals surface area contributed by atoms with Crippen molar-refractivity contribution in [2.75, 3.05) is 0 Å². The molecule has 0 heterocycles. The molecule has 0 aromatic heterocycles. The van der Waals surface area contributed by atoms with E-state index in [1.165, 1.54) is 32.1 Å². The van der Waals surface area contributed by atoms with Gasteiger partial charge in [0, 0.05) is 0 Å². The van der Waals surface area contributed by atoms with Crippen LogP contribution in [-0.2, 0) is 0 Å². The Balaban J connectivity index is 0.000000236. The second kappa shape index (κ2) is 8.55. The Labute approximate surface area is 82.2 Å². The van der Waals surface area contributed by atoms with E-state index in [0.717, 1.165) is 5.92 Å². The van der Waals surface area contributed by atoms with Crippen LogP contribution in [0.4, 0.5) is 0 Å². The first kappa shape index (κ1) is 11.5. The van der Waals surface area contributed by atoms with Crippen molar-refractivity contribution in [2.24, 2.45) is 5.92 Å². The molecule has 10 heavy (non-hydrogen) atoms. The van der Waals surface area contributed by atoms with E-state index in [4.69, 9.17) is 17.2 Å². The summed E-state index contributed by atoms with van der Waals surface area (Å²) in [5.74, 6) is 1.04. The van der Waals surface area contributed by atoms with E-state index >= 15 is 0 Å². The van der Waals surface area contributed by atoms with Gasteiger partial charge in [-0.15, -0.1) is 0 Å². The van der Waals surface area contributed by atoms with Crippen LogP contribution in [0.25, 0.3) is 0 Å². The van der Waals surface area contributed by atoms with Crippen LogP contribution in [-0.4, -0.2) is 20.5 Å². The molecule has 0 aromatic carbocycles. The first-order chi connectivity index (χ1) is 4.81. The van der Waals surface area contributed by atoms with Crippen molar-refractivity contribution < 1.29 is 0 Å². The summed E-state index contributed by atoms with van der Waals surface area (Å²) >= 11 is -1.07. The maximum absolute atomic E-state index is 4.97. The summed E-state index contributed by atoms with van der Waals surface area (Å²) in [4.78, 5) is 0.